The zero-order valence-corrected chi connectivity index (χ0v) is 8.48. The van der Waals surface area contributed by atoms with E-state index >= 15 is 0 Å². The summed E-state index contributed by atoms with van der Waals surface area (Å²) in [6.45, 7) is 6.75. The van der Waals surface area contributed by atoms with E-state index in [0.29, 0.717) is 0 Å². The van der Waals surface area contributed by atoms with Gasteiger partial charge in [0.05, 0.1) is 0 Å². The summed E-state index contributed by atoms with van der Waals surface area (Å²) in [7, 11) is 0. The second-order valence-electron chi connectivity index (χ2n) is 3.32. The van der Waals surface area contributed by atoms with Gasteiger partial charge in [0.25, 0.3) is 0 Å². The Kier molecular flexibility index (Phi) is 3.58. The van der Waals surface area contributed by atoms with Crippen LogP contribution in [0.15, 0.2) is 23.3 Å². The van der Waals surface area contributed by atoms with E-state index < -0.39 is 0 Å². The molecule has 0 saturated heterocycles. The summed E-state index contributed by atoms with van der Waals surface area (Å²) in [4.78, 5) is 0. The highest BCUT2D eigenvalue weighted by Gasteiger charge is 2.17. The van der Waals surface area contributed by atoms with E-state index in [9.17, 15) is 0 Å². The molecule has 0 spiro atoms. The van der Waals surface area contributed by atoms with Crippen molar-refractivity contribution in [2.75, 3.05) is 0 Å². The van der Waals surface area contributed by atoms with Crippen molar-refractivity contribution in [2.24, 2.45) is 0 Å². The predicted octanol–water partition coefficient (Wildman–Crippen LogP) is 4.05. The summed E-state index contributed by atoms with van der Waals surface area (Å²) >= 11 is 0. The summed E-state index contributed by atoms with van der Waals surface area (Å²) < 4.78 is 0. The van der Waals surface area contributed by atoms with E-state index in [1.807, 2.05) is 0 Å². The van der Waals surface area contributed by atoms with Crippen molar-refractivity contribution in [1.82, 2.24) is 0 Å². The van der Waals surface area contributed by atoms with Gasteiger partial charge in [-0.3, -0.25) is 0 Å². The van der Waals surface area contributed by atoms with Gasteiger partial charge in [0.1, 0.15) is 0 Å². The highest BCUT2D eigenvalue weighted by atomic mass is 14.2. The quantitative estimate of drug-likeness (QED) is 0.586. The Labute approximate surface area is 76.4 Å². The topological polar surface area (TPSA) is 0 Å². The normalized spacial score (nSPS) is 17.9. The predicted molar refractivity (Wildman–Crippen MR) is 54.9 cm³/mol. The molecule has 0 amide bonds. The monoisotopic (exact) mass is 163 g/mol. The van der Waals surface area contributed by atoms with Crippen molar-refractivity contribution in [1.29, 1.82) is 0 Å². The molecule has 0 nitrogen and oxygen atoms in total. The van der Waals surface area contributed by atoms with Gasteiger partial charge in [0.15, 0.2) is 0 Å². The third kappa shape index (κ3) is 1.80. The van der Waals surface area contributed by atoms with E-state index in [0.717, 1.165) is 0 Å². The lowest BCUT2D eigenvalue weighted by Crippen LogP contribution is -1.95. The van der Waals surface area contributed by atoms with Crippen LogP contribution in [0.4, 0.5) is 0 Å². The first kappa shape index (κ1) is 9.57. The Morgan fingerprint density at radius 3 is 2.25 bits per heavy atom. The molecule has 67 valence electrons. The molecule has 0 heterocycles. The van der Waals surface area contributed by atoms with Gasteiger partial charge in [-0.25, -0.2) is 0 Å². The highest BCUT2D eigenvalue weighted by molar-refractivity contribution is 5.48. The average Bonchev–Trinajstić information content (AvgIpc) is 2.47. The highest BCUT2D eigenvalue weighted by Crippen LogP contribution is 2.34. The van der Waals surface area contributed by atoms with Crippen molar-refractivity contribution < 1.29 is 0 Å². The molecule has 1 rings (SSSR count). The first-order valence-electron chi connectivity index (χ1n) is 5.09. The Balaban J connectivity index is 2.69. The lowest BCUT2D eigenvalue weighted by molar-refractivity contribution is 0.833. The average molecular weight is 163 g/mol. The minimum atomic E-state index is 1.19. The smallest absolute Gasteiger partial charge is 0.0228 e. The minimum Gasteiger partial charge on any atom is -0.0728 e. The fourth-order valence-corrected chi connectivity index (χ4v) is 1.90. The van der Waals surface area contributed by atoms with Gasteiger partial charge >= 0.3 is 0 Å². The molecule has 0 aromatic carbocycles. The summed E-state index contributed by atoms with van der Waals surface area (Å²) in [5.74, 6) is 1.58. The molecule has 0 fully saturated rings. The maximum absolute atomic E-state index is 2.31. The number of allylic oxidation sites excluding steroid dienone is 4. The molecule has 12 heavy (non-hydrogen) atoms. The molecule has 1 aliphatic carbocycles. The van der Waals surface area contributed by atoms with Gasteiger partial charge in [0.2, 0.25) is 0 Å². The van der Waals surface area contributed by atoms with Crippen molar-refractivity contribution in [2.45, 2.75) is 46.5 Å². The van der Waals surface area contributed by atoms with Gasteiger partial charge in [-0.2, -0.15) is 0 Å². The van der Waals surface area contributed by atoms with E-state index in [-0.39, 0.29) is 0 Å². The van der Waals surface area contributed by atoms with E-state index in [4.69, 9.17) is 0 Å². The summed E-state index contributed by atoms with van der Waals surface area (Å²) in [5.41, 5.74) is 3.17. The van der Waals surface area contributed by atoms with Crippen LogP contribution >= 0.6 is 0 Å². The Morgan fingerprint density at radius 1 is 1.00 bits per heavy atom. The molecular weight excluding hydrogens is 144 g/mol. The van der Waals surface area contributed by atoms with Crippen LogP contribution in [0.25, 0.3) is 0 Å². The van der Waals surface area contributed by atoms with Crippen LogP contribution < -0.4 is 0 Å². The lowest BCUT2D eigenvalue weighted by atomic mass is 9.93. The largest absolute Gasteiger partial charge is 0.0728 e. The van der Waals surface area contributed by atoms with E-state index in [2.05, 4.69) is 32.9 Å². The van der Waals surface area contributed by atoms with Crippen LogP contribution in [0.2, 0.25) is 0 Å². The van der Waals surface area contributed by atoms with Gasteiger partial charge in [0, 0.05) is 5.92 Å². The van der Waals surface area contributed by atoms with Crippen molar-refractivity contribution >= 4 is 0 Å². The Morgan fingerprint density at radius 2 is 1.75 bits per heavy atom. The molecule has 0 bridgehead atoms. The minimum absolute atomic E-state index is 1.19. The second-order valence-corrected chi connectivity index (χ2v) is 3.32. The van der Waals surface area contributed by atoms with Crippen molar-refractivity contribution in [3.63, 3.8) is 0 Å². The third-order valence-corrected chi connectivity index (χ3v) is 2.51. The van der Waals surface area contributed by atoms with E-state index in [1.54, 1.807) is 17.1 Å². The van der Waals surface area contributed by atoms with Crippen LogP contribution in [-0.2, 0) is 0 Å². The maximum Gasteiger partial charge on any atom is 0.0228 e. The van der Waals surface area contributed by atoms with Crippen LogP contribution in [0.5, 0.6) is 0 Å². The standard InChI is InChI=1S/C12H19/c1-4-7-11-9-8-10(5-2)12(11)6-3/h8-9H,4-7H2,1-3H3. The van der Waals surface area contributed by atoms with Crippen molar-refractivity contribution in [3.8, 4) is 0 Å². The Bertz CT molecular complexity index is 196. The van der Waals surface area contributed by atoms with E-state index in [1.165, 1.54) is 25.7 Å². The first-order valence-corrected chi connectivity index (χ1v) is 5.09. The van der Waals surface area contributed by atoms with Crippen molar-refractivity contribution in [3.05, 3.63) is 29.2 Å². The molecule has 0 unspecified atom stereocenters. The van der Waals surface area contributed by atoms with Gasteiger partial charge in [-0.15, -0.1) is 0 Å². The number of hydrogen-bond donors (Lipinski definition) is 0. The lowest BCUT2D eigenvalue weighted by Gasteiger charge is -2.11. The van der Waals surface area contributed by atoms with Gasteiger partial charge in [-0.1, -0.05) is 44.9 Å². The third-order valence-electron chi connectivity index (χ3n) is 2.51. The van der Waals surface area contributed by atoms with Gasteiger partial charge in [-0.05, 0) is 24.8 Å². The van der Waals surface area contributed by atoms with Crippen LogP contribution in [0, 0.1) is 5.92 Å². The molecule has 0 aromatic heterocycles. The molecule has 0 aliphatic heterocycles. The molecular formula is C12H19. The molecule has 1 aliphatic rings. The molecule has 0 saturated carbocycles. The SMILES string of the molecule is CCC[C]1C=CC(CC)=C1CC. The molecule has 0 aromatic rings. The molecule has 0 atom stereocenters. The molecule has 0 heteroatoms. The first-order chi connectivity index (χ1) is 5.83. The zero-order chi connectivity index (χ0) is 8.97. The number of rotatable bonds is 4. The molecule has 1 radical (unpaired) electrons. The van der Waals surface area contributed by atoms with Gasteiger partial charge < -0.3 is 0 Å². The fourth-order valence-electron chi connectivity index (χ4n) is 1.90. The summed E-state index contributed by atoms with van der Waals surface area (Å²) in [5, 5.41) is 0. The van der Waals surface area contributed by atoms with Crippen LogP contribution in [0.3, 0.4) is 0 Å². The van der Waals surface area contributed by atoms with Crippen LogP contribution in [-0.4, -0.2) is 0 Å². The fraction of sp³-hybridized carbons (Fsp3) is 0.583. The second kappa shape index (κ2) is 4.49. The van der Waals surface area contributed by atoms with Crippen LogP contribution in [0.1, 0.15) is 46.5 Å². The summed E-state index contributed by atoms with van der Waals surface area (Å²) in [6.07, 6.45) is 9.51. The number of hydrogen-bond acceptors (Lipinski definition) is 0. The Hall–Kier alpha value is -0.520. The molecule has 0 N–H and O–H groups in total. The maximum atomic E-state index is 2.31. The summed E-state index contributed by atoms with van der Waals surface area (Å²) in [6, 6.07) is 0. The zero-order valence-electron chi connectivity index (χ0n) is 8.48.